The van der Waals surface area contributed by atoms with Gasteiger partial charge in [-0.3, -0.25) is 34.4 Å². The van der Waals surface area contributed by atoms with Crippen molar-refractivity contribution in [3.8, 4) is 11.5 Å². The number of nitro benzene ring substituents is 1. The lowest BCUT2D eigenvalue weighted by Crippen LogP contribution is -2.30. The second-order valence-electron chi connectivity index (χ2n) is 10.3. The molecule has 15 nitrogen and oxygen atoms in total. The number of hydroxylamine groups is 2. The first-order valence-electron chi connectivity index (χ1n) is 13.5. The molecule has 0 aromatic heterocycles. The molecular formula is C29H31Cl3N3O12P. The highest BCUT2D eigenvalue weighted by atomic mass is 35.5. The summed E-state index contributed by atoms with van der Waals surface area (Å²) >= 11 is 17.8. The first-order chi connectivity index (χ1) is 22.3. The molecule has 0 radical (unpaired) electrons. The first-order valence-corrected chi connectivity index (χ1v) is 16.4. The zero-order valence-corrected chi connectivity index (χ0v) is 28.8. The molecule has 1 aliphatic heterocycles. The largest absolute Gasteiger partial charge is 0.480 e. The first kappa shape index (κ1) is 40.4. The van der Waals surface area contributed by atoms with Gasteiger partial charge in [0, 0.05) is 22.2 Å². The van der Waals surface area contributed by atoms with Crippen molar-refractivity contribution in [3.05, 3.63) is 97.0 Å². The lowest BCUT2D eigenvalue weighted by Gasteiger charge is -2.16. The molecular weight excluding hydrogens is 720 g/mol. The maximum Gasteiger partial charge on any atom is 0.345 e. The lowest BCUT2D eigenvalue weighted by atomic mass is 9.95. The third-order valence-corrected chi connectivity index (χ3v) is 7.48. The fourth-order valence-corrected chi connectivity index (χ4v) is 4.65. The monoisotopic (exact) mass is 749 g/mol. The summed E-state index contributed by atoms with van der Waals surface area (Å²) < 4.78 is 20.1. The molecule has 1 fully saturated rings. The number of nitrogens with zero attached hydrogens (tertiary/aromatic N) is 2. The summed E-state index contributed by atoms with van der Waals surface area (Å²) in [7, 11) is -2.96. The third-order valence-electron chi connectivity index (χ3n) is 5.94. The molecule has 1 amide bonds. The molecule has 4 N–H and O–H groups in total. The van der Waals surface area contributed by atoms with E-state index in [1.807, 2.05) is 38.1 Å². The van der Waals surface area contributed by atoms with E-state index in [0.29, 0.717) is 28.9 Å². The van der Waals surface area contributed by atoms with Crippen molar-refractivity contribution >= 4 is 65.9 Å². The molecule has 48 heavy (non-hydrogen) atoms. The average molecular weight is 751 g/mol. The molecule has 0 bridgehead atoms. The van der Waals surface area contributed by atoms with Gasteiger partial charge in [-0.2, -0.15) is 0 Å². The van der Waals surface area contributed by atoms with E-state index < -0.39 is 42.7 Å². The Bertz CT molecular complexity index is 1690. The van der Waals surface area contributed by atoms with E-state index in [4.69, 9.17) is 59.3 Å². The number of carboxylic acid groups (broad SMARTS) is 1. The summed E-state index contributed by atoms with van der Waals surface area (Å²) in [5.41, 5.74) is -0.118. The molecule has 19 heteroatoms. The van der Waals surface area contributed by atoms with Crippen LogP contribution in [-0.4, -0.2) is 69.3 Å². The number of nitro groups is 1. The molecule has 3 aromatic carbocycles. The highest BCUT2D eigenvalue weighted by molar-refractivity contribution is 7.51. The van der Waals surface area contributed by atoms with Crippen molar-refractivity contribution in [2.45, 2.75) is 20.4 Å². The fourth-order valence-electron chi connectivity index (χ4n) is 3.60. The van der Waals surface area contributed by atoms with E-state index in [-0.39, 0.29) is 27.9 Å². The predicted octanol–water partition coefficient (Wildman–Crippen LogP) is 5.92. The highest BCUT2D eigenvalue weighted by Crippen LogP contribution is 2.34. The van der Waals surface area contributed by atoms with Crippen LogP contribution in [-0.2, 0) is 30.3 Å². The molecule has 1 saturated heterocycles. The number of hydrogen-bond acceptors (Lipinski definition) is 10. The van der Waals surface area contributed by atoms with E-state index in [9.17, 15) is 29.1 Å². The van der Waals surface area contributed by atoms with Crippen LogP contribution in [0.5, 0.6) is 11.5 Å². The number of rotatable bonds is 10. The molecule has 4 rings (SSSR count). The van der Waals surface area contributed by atoms with Crippen molar-refractivity contribution in [2.75, 3.05) is 26.5 Å². The normalized spacial score (nSPS) is 13.4. The van der Waals surface area contributed by atoms with Gasteiger partial charge in [-0.15, -0.1) is 0 Å². The number of halogens is 3. The number of methoxy groups -OCH3 is 1. The Morgan fingerprint density at radius 1 is 1.08 bits per heavy atom. The highest BCUT2D eigenvalue weighted by Gasteiger charge is 2.40. The predicted molar refractivity (Wildman–Crippen MR) is 175 cm³/mol. The van der Waals surface area contributed by atoms with Crippen LogP contribution in [0.25, 0.3) is 0 Å². The van der Waals surface area contributed by atoms with Gasteiger partial charge in [0.05, 0.1) is 48.5 Å². The van der Waals surface area contributed by atoms with Gasteiger partial charge in [0.2, 0.25) is 0 Å². The van der Waals surface area contributed by atoms with Gasteiger partial charge in [0.25, 0.3) is 11.6 Å². The Hall–Kier alpha value is -3.79. The average Bonchev–Trinajstić information content (AvgIpc) is 3.25. The number of amides is 1. The molecule has 0 atom stereocenters. The van der Waals surface area contributed by atoms with Crippen LogP contribution < -0.4 is 10.1 Å². The number of carbonyl (C=O) groups is 3. The van der Waals surface area contributed by atoms with Crippen LogP contribution >= 0.6 is 42.4 Å². The summed E-state index contributed by atoms with van der Waals surface area (Å²) in [6.45, 7) is 4.15. The van der Waals surface area contributed by atoms with Crippen LogP contribution in [0.15, 0.2) is 60.7 Å². The Morgan fingerprint density at radius 2 is 1.75 bits per heavy atom. The van der Waals surface area contributed by atoms with Crippen molar-refractivity contribution in [1.29, 1.82) is 0 Å². The SMILES string of the molecule is CC1(C)CON(Cc2ccccc2Cl)C1=O.COC(=O)c1cc(Oc2ccc(Cl)cc2Cl)ccc1[N+](=O)[O-].O=C(O)CNCP(=O)(O)O. The number of ether oxygens (including phenoxy) is 2. The minimum Gasteiger partial charge on any atom is -0.480 e. The maximum atomic E-state index is 11.9. The molecule has 0 aliphatic carbocycles. The number of carbonyl (C=O) groups excluding carboxylic acids is 2. The Kier molecular flexibility index (Phi) is 15.2. The van der Waals surface area contributed by atoms with Gasteiger partial charge in [-0.1, -0.05) is 53.0 Å². The number of esters is 1. The molecule has 1 heterocycles. The number of nitrogens with one attached hydrogen (secondary N) is 1. The van der Waals surface area contributed by atoms with Gasteiger partial charge in [-0.25, -0.2) is 9.86 Å². The molecule has 260 valence electrons. The smallest absolute Gasteiger partial charge is 0.345 e. The fraction of sp³-hybridized carbons (Fsp3) is 0.276. The van der Waals surface area contributed by atoms with Gasteiger partial charge in [0.1, 0.15) is 17.1 Å². The van der Waals surface area contributed by atoms with E-state index in [1.54, 1.807) is 12.1 Å². The Morgan fingerprint density at radius 3 is 2.27 bits per heavy atom. The topological polar surface area (TPSA) is 215 Å². The van der Waals surface area contributed by atoms with E-state index in [0.717, 1.165) is 18.7 Å². The summed E-state index contributed by atoms with van der Waals surface area (Å²) in [5, 5.41) is 23.7. The quantitative estimate of drug-likeness (QED) is 0.0821. The van der Waals surface area contributed by atoms with Crippen LogP contribution in [0.3, 0.4) is 0 Å². The molecule has 0 unspecified atom stereocenters. The number of aliphatic carboxylic acids is 1. The van der Waals surface area contributed by atoms with Crippen molar-refractivity contribution in [1.82, 2.24) is 10.4 Å². The number of hydrogen-bond donors (Lipinski definition) is 4. The second-order valence-corrected chi connectivity index (χ2v) is 13.2. The molecule has 0 spiro atoms. The zero-order valence-electron chi connectivity index (χ0n) is 25.6. The molecule has 0 saturated carbocycles. The van der Waals surface area contributed by atoms with E-state index >= 15 is 0 Å². The van der Waals surface area contributed by atoms with Crippen molar-refractivity contribution in [2.24, 2.45) is 5.41 Å². The second kappa shape index (κ2) is 18.1. The summed E-state index contributed by atoms with van der Waals surface area (Å²) in [6.07, 6.45) is -0.598. The lowest BCUT2D eigenvalue weighted by molar-refractivity contribution is -0.385. The number of carboxylic acids is 1. The number of benzene rings is 3. The van der Waals surface area contributed by atoms with Gasteiger partial charge >= 0.3 is 19.5 Å². The van der Waals surface area contributed by atoms with Crippen LogP contribution in [0, 0.1) is 15.5 Å². The van der Waals surface area contributed by atoms with Gasteiger partial charge in [-0.05, 0) is 49.7 Å². The van der Waals surface area contributed by atoms with Gasteiger partial charge in [0.15, 0.2) is 0 Å². The van der Waals surface area contributed by atoms with Crippen LogP contribution in [0.1, 0.15) is 29.8 Å². The molecule has 3 aromatic rings. The molecule has 1 aliphatic rings. The Balaban J connectivity index is 0.000000270. The van der Waals surface area contributed by atoms with Crippen LogP contribution in [0.2, 0.25) is 15.1 Å². The van der Waals surface area contributed by atoms with Gasteiger partial charge < -0.3 is 24.4 Å². The van der Waals surface area contributed by atoms with E-state index in [2.05, 4.69) is 10.1 Å². The third kappa shape index (κ3) is 13.0. The standard InChI is InChI=1S/C14H9Cl2NO5.C12H14ClNO2.C3H8NO5P/c1-21-14(18)10-7-9(3-4-12(10)17(19)20)22-13-5-2-8(15)6-11(13)16;1-12(2)8-16-14(11(12)15)7-9-5-3-4-6-10(9)13;5-3(6)1-4-2-10(7,8)9/h2-7H,1H3;3-6H,7-8H2,1-2H3;4H,1-2H2,(H,5,6)(H2,7,8,9). The summed E-state index contributed by atoms with van der Waals surface area (Å²) in [6, 6.07) is 15.8. The summed E-state index contributed by atoms with van der Waals surface area (Å²) in [5.74, 6) is -1.47. The maximum absolute atomic E-state index is 11.9. The Labute approximate surface area is 289 Å². The zero-order chi connectivity index (χ0) is 36.2. The minimum absolute atomic E-state index is 0.00687. The minimum atomic E-state index is -4.10. The summed E-state index contributed by atoms with van der Waals surface area (Å²) in [4.78, 5) is 65.3. The van der Waals surface area contributed by atoms with Crippen LogP contribution in [0.4, 0.5) is 5.69 Å². The van der Waals surface area contributed by atoms with E-state index in [1.165, 1.54) is 23.3 Å². The van der Waals surface area contributed by atoms with Crippen molar-refractivity contribution < 1.29 is 53.1 Å². The van der Waals surface area contributed by atoms with Crippen molar-refractivity contribution in [3.63, 3.8) is 0 Å².